The van der Waals surface area contributed by atoms with Gasteiger partial charge in [0.05, 0.1) is 5.56 Å². The van der Waals surface area contributed by atoms with Gasteiger partial charge in [0.15, 0.2) is 5.82 Å². The molecule has 1 aliphatic carbocycles. The molecule has 0 radical (unpaired) electrons. The molecule has 1 heterocycles. The molecular formula is C14H16BrN3O. The third-order valence-electron chi connectivity index (χ3n) is 3.75. The van der Waals surface area contributed by atoms with E-state index in [1.165, 1.54) is 6.42 Å². The molecule has 1 aromatic heterocycles. The lowest BCUT2D eigenvalue weighted by atomic mass is 10.1. The Hall–Kier alpha value is -1.36. The van der Waals surface area contributed by atoms with Crippen LogP contribution in [0.25, 0.3) is 11.5 Å². The number of benzene rings is 1. The van der Waals surface area contributed by atoms with E-state index in [1.807, 2.05) is 18.2 Å². The number of rotatable bonds is 2. The zero-order valence-electron chi connectivity index (χ0n) is 10.8. The molecule has 0 aliphatic heterocycles. The van der Waals surface area contributed by atoms with Gasteiger partial charge in [0.2, 0.25) is 0 Å². The summed E-state index contributed by atoms with van der Waals surface area (Å²) in [7, 11) is 0. The first kappa shape index (κ1) is 12.7. The number of hydrogen-bond donors (Lipinski definition) is 1. The fourth-order valence-corrected chi connectivity index (χ4v) is 3.03. The predicted octanol–water partition coefficient (Wildman–Crippen LogP) is 3.98. The van der Waals surface area contributed by atoms with Crippen molar-refractivity contribution in [2.75, 3.05) is 5.73 Å². The second-order valence-electron chi connectivity index (χ2n) is 5.30. The number of anilines is 1. The molecule has 100 valence electrons. The third-order valence-corrected chi connectivity index (χ3v) is 4.24. The van der Waals surface area contributed by atoms with E-state index in [1.54, 1.807) is 0 Å². The first-order valence-corrected chi connectivity index (χ1v) is 7.32. The maximum atomic E-state index is 5.96. The Morgan fingerprint density at radius 2 is 2.21 bits per heavy atom. The second kappa shape index (κ2) is 4.96. The van der Waals surface area contributed by atoms with Crippen LogP contribution in [0.5, 0.6) is 0 Å². The number of hydrogen-bond acceptors (Lipinski definition) is 4. The van der Waals surface area contributed by atoms with Crippen LogP contribution in [-0.4, -0.2) is 10.1 Å². The summed E-state index contributed by atoms with van der Waals surface area (Å²) in [6, 6.07) is 5.64. The number of halogens is 1. The fraction of sp³-hybridized carbons (Fsp3) is 0.429. The van der Waals surface area contributed by atoms with Crippen molar-refractivity contribution in [2.24, 2.45) is 5.92 Å². The average molecular weight is 322 g/mol. The molecule has 2 unspecified atom stereocenters. The largest absolute Gasteiger partial charge is 0.398 e. The van der Waals surface area contributed by atoms with E-state index in [2.05, 4.69) is 33.0 Å². The van der Waals surface area contributed by atoms with Crippen molar-refractivity contribution in [3.8, 4) is 11.5 Å². The quantitative estimate of drug-likeness (QED) is 0.849. The first-order chi connectivity index (χ1) is 9.13. The van der Waals surface area contributed by atoms with E-state index in [0.29, 0.717) is 17.5 Å². The highest BCUT2D eigenvalue weighted by atomic mass is 79.9. The molecule has 19 heavy (non-hydrogen) atoms. The van der Waals surface area contributed by atoms with Crippen LogP contribution in [0.3, 0.4) is 0 Å². The van der Waals surface area contributed by atoms with E-state index >= 15 is 0 Å². The Balaban J connectivity index is 1.90. The molecular weight excluding hydrogens is 306 g/mol. The SMILES string of the molecule is CC1CCC(c2noc(-c3cc(Br)ccc3N)n2)C1. The van der Waals surface area contributed by atoms with Gasteiger partial charge in [0, 0.05) is 16.1 Å². The Kier molecular flexibility index (Phi) is 3.31. The maximum absolute atomic E-state index is 5.96. The van der Waals surface area contributed by atoms with Gasteiger partial charge >= 0.3 is 0 Å². The van der Waals surface area contributed by atoms with Crippen molar-refractivity contribution in [2.45, 2.75) is 32.1 Å². The van der Waals surface area contributed by atoms with Crippen molar-refractivity contribution >= 4 is 21.6 Å². The van der Waals surface area contributed by atoms with Gasteiger partial charge in [0.25, 0.3) is 5.89 Å². The van der Waals surface area contributed by atoms with Gasteiger partial charge in [-0.05, 0) is 43.4 Å². The number of nitrogens with zero attached hydrogens (tertiary/aromatic N) is 2. The highest BCUT2D eigenvalue weighted by Crippen LogP contribution is 2.37. The van der Waals surface area contributed by atoms with Crippen LogP contribution < -0.4 is 5.73 Å². The van der Waals surface area contributed by atoms with E-state index in [9.17, 15) is 0 Å². The lowest BCUT2D eigenvalue weighted by Crippen LogP contribution is -1.96. The molecule has 1 aliphatic rings. The summed E-state index contributed by atoms with van der Waals surface area (Å²) in [5, 5.41) is 4.12. The number of nitrogens with two attached hydrogens (primary N) is 1. The third kappa shape index (κ3) is 2.52. The summed E-state index contributed by atoms with van der Waals surface area (Å²) in [5.41, 5.74) is 7.40. The van der Waals surface area contributed by atoms with Gasteiger partial charge in [-0.25, -0.2) is 0 Å². The van der Waals surface area contributed by atoms with Crippen molar-refractivity contribution in [3.63, 3.8) is 0 Å². The van der Waals surface area contributed by atoms with Crippen molar-refractivity contribution in [1.29, 1.82) is 0 Å². The molecule has 1 aromatic carbocycles. The lowest BCUT2D eigenvalue weighted by molar-refractivity contribution is 0.415. The number of aromatic nitrogens is 2. The molecule has 0 amide bonds. The molecule has 4 nitrogen and oxygen atoms in total. The lowest BCUT2D eigenvalue weighted by Gasteiger charge is -2.02. The summed E-state index contributed by atoms with van der Waals surface area (Å²) in [6.07, 6.45) is 3.54. The molecule has 3 rings (SSSR count). The van der Waals surface area contributed by atoms with Crippen LogP contribution in [0.15, 0.2) is 27.2 Å². The average Bonchev–Trinajstić information content (AvgIpc) is 3.00. The van der Waals surface area contributed by atoms with Crippen LogP contribution in [-0.2, 0) is 0 Å². The van der Waals surface area contributed by atoms with Gasteiger partial charge in [0.1, 0.15) is 0 Å². The Labute approximate surface area is 120 Å². The smallest absolute Gasteiger partial charge is 0.260 e. The highest BCUT2D eigenvalue weighted by Gasteiger charge is 2.27. The van der Waals surface area contributed by atoms with Gasteiger partial charge in [-0.2, -0.15) is 4.98 Å². The molecule has 0 spiro atoms. The molecule has 0 bridgehead atoms. The summed E-state index contributed by atoms with van der Waals surface area (Å²) in [5.74, 6) is 2.51. The summed E-state index contributed by atoms with van der Waals surface area (Å²) in [6.45, 7) is 2.27. The molecule has 2 aromatic rings. The van der Waals surface area contributed by atoms with Crippen LogP contribution in [0, 0.1) is 5.92 Å². The minimum atomic E-state index is 0.431. The minimum Gasteiger partial charge on any atom is -0.398 e. The zero-order valence-corrected chi connectivity index (χ0v) is 12.4. The van der Waals surface area contributed by atoms with Gasteiger partial charge in [-0.3, -0.25) is 0 Å². The topological polar surface area (TPSA) is 64.9 Å². The second-order valence-corrected chi connectivity index (χ2v) is 6.22. The normalized spacial score (nSPS) is 22.8. The molecule has 2 atom stereocenters. The van der Waals surface area contributed by atoms with Crippen LogP contribution >= 0.6 is 15.9 Å². The van der Waals surface area contributed by atoms with E-state index < -0.39 is 0 Å². The van der Waals surface area contributed by atoms with Crippen LogP contribution in [0.2, 0.25) is 0 Å². The monoisotopic (exact) mass is 321 g/mol. The van der Waals surface area contributed by atoms with E-state index in [4.69, 9.17) is 10.3 Å². The van der Waals surface area contributed by atoms with Gasteiger partial charge < -0.3 is 10.3 Å². The zero-order chi connectivity index (χ0) is 13.4. The highest BCUT2D eigenvalue weighted by molar-refractivity contribution is 9.10. The van der Waals surface area contributed by atoms with Crippen molar-refractivity contribution in [3.05, 3.63) is 28.5 Å². The van der Waals surface area contributed by atoms with E-state index in [-0.39, 0.29) is 0 Å². The van der Waals surface area contributed by atoms with Crippen molar-refractivity contribution < 1.29 is 4.52 Å². The first-order valence-electron chi connectivity index (χ1n) is 6.52. The van der Waals surface area contributed by atoms with E-state index in [0.717, 1.165) is 34.6 Å². The summed E-state index contributed by atoms with van der Waals surface area (Å²) in [4.78, 5) is 4.52. The fourth-order valence-electron chi connectivity index (χ4n) is 2.67. The summed E-state index contributed by atoms with van der Waals surface area (Å²) < 4.78 is 6.32. The Bertz CT molecular complexity index is 596. The molecule has 1 fully saturated rings. The molecule has 0 saturated heterocycles. The molecule has 5 heteroatoms. The Morgan fingerprint density at radius 1 is 1.37 bits per heavy atom. The van der Waals surface area contributed by atoms with Gasteiger partial charge in [-0.1, -0.05) is 28.0 Å². The maximum Gasteiger partial charge on any atom is 0.260 e. The standard InChI is InChI=1S/C14H16BrN3O/c1-8-2-3-9(6-8)13-17-14(19-18-13)11-7-10(15)4-5-12(11)16/h4-5,7-9H,2-3,6,16H2,1H3. The van der Waals surface area contributed by atoms with Crippen LogP contribution in [0.1, 0.15) is 37.9 Å². The van der Waals surface area contributed by atoms with Crippen LogP contribution in [0.4, 0.5) is 5.69 Å². The van der Waals surface area contributed by atoms with Crippen molar-refractivity contribution in [1.82, 2.24) is 10.1 Å². The molecule has 1 saturated carbocycles. The number of nitrogen functional groups attached to an aromatic ring is 1. The predicted molar refractivity (Wildman–Crippen MR) is 77.6 cm³/mol. The molecule has 2 N–H and O–H groups in total. The minimum absolute atomic E-state index is 0.431. The summed E-state index contributed by atoms with van der Waals surface area (Å²) >= 11 is 3.43. The Morgan fingerprint density at radius 3 is 2.95 bits per heavy atom. The van der Waals surface area contributed by atoms with Gasteiger partial charge in [-0.15, -0.1) is 0 Å².